The first-order valence-electron chi connectivity index (χ1n) is 6.87. The molecule has 5 heteroatoms. The minimum absolute atomic E-state index is 0.0419. The van der Waals surface area contributed by atoms with Crippen LogP contribution in [0.2, 0.25) is 0 Å². The van der Waals surface area contributed by atoms with E-state index in [4.69, 9.17) is 4.74 Å². The molecule has 0 aromatic carbocycles. The summed E-state index contributed by atoms with van der Waals surface area (Å²) in [6.45, 7) is 3.10. The average Bonchev–Trinajstić information content (AvgIpc) is 2.44. The summed E-state index contributed by atoms with van der Waals surface area (Å²) in [6.07, 6.45) is 2.35. The Bertz CT molecular complexity index is 489. The molecule has 20 heavy (non-hydrogen) atoms. The highest BCUT2D eigenvalue weighted by Crippen LogP contribution is 2.31. The van der Waals surface area contributed by atoms with Gasteiger partial charge in [0.15, 0.2) is 5.78 Å². The molecule has 1 aliphatic rings. The van der Waals surface area contributed by atoms with Gasteiger partial charge in [-0.2, -0.15) is 0 Å². The Morgan fingerprint density at radius 1 is 1.50 bits per heavy atom. The molecule has 0 amide bonds. The third-order valence-electron chi connectivity index (χ3n) is 3.67. The van der Waals surface area contributed by atoms with Crippen molar-refractivity contribution in [3.8, 4) is 0 Å². The number of likely N-dealkylation sites (tertiary alicyclic amines) is 1. The number of hydrogen-bond donors (Lipinski definition) is 0. The fourth-order valence-corrected chi connectivity index (χ4v) is 2.65. The molecule has 0 bridgehead atoms. The largest absolute Gasteiger partial charge is 0.465 e. The summed E-state index contributed by atoms with van der Waals surface area (Å²) in [5.74, 6) is -0.470. The molecule has 1 aliphatic heterocycles. The van der Waals surface area contributed by atoms with Gasteiger partial charge in [-0.3, -0.25) is 14.6 Å². The molecule has 0 spiro atoms. The molecule has 1 unspecified atom stereocenters. The highest BCUT2D eigenvalue weighted by Gasteiger charge is 2.49. The SMILES string of the molecule is CCOC(=O)C1(Cc2ccccn2)CN(C)CCC1=O. The molecule has 2 rings (SSSR count). The quantitative estimate of drug-likeness (QED) is 0.608. The summed E-state index contributed by atoms with van der Waals surface area (Å²) in [5.41, 5.74) is -0.374. The second kappa shape index (κ2) is 6.13. The molecule has 1 aromatic rings. The Labute approximate surface area is 118 Å². The zero-order chi connectivity index (χ0) is 14.6. The molecule has 5 nitrogen and oxygen atoms in total. The molecule has 1 atom stereocenters. The molecular weight excluding hydrogens is 256 g/mol. The number of pyridine rings is 1. The van der Waals surface area contributed by atoms with E-state index in [9.17, 15) is 9.59 Å². The number of rotatable bonds is 4. The maximum atomic E-state index is 12.4. The Hall–Kier alpha value is -1.75. The summed E-state index contributed by atoms with van der Waals surface area (Å²) >= 11 is 0. The number of esters is 1. The number of nitrogens with zero attached hydrogens (tertiary/aromatic N) is 2. The van der Waals surface area contributed by atoms with Crippen molar-refractivity contribution in [1.29, 1.82) is 0 Å². The van der Waals surface area contributed by atoms with Gasteiger partial charge in [0.25, 0.3) is 0 Å². The maximum Gasteiger partial charge on any atom is 0.321 e. The lowest BCUT2D eigenvalue weighted by molar-refractivity contribution is -0.163. The minimum atomic E-state index is -1.11. The van der Waals surface area contributed by atoms with Crippen molar-refractivity contribution in [2.75, 3.05) is 26.7 Å². The highest BCUT2D eigenvalue weighted by molar-refractivity contribution is 6.05. The monoisotopic (exact) mass is 276 g/mol. The van der Waals surface area contributed by atoms with E-state index in [-0.39, 0.29) is 12.4 Å². The van der Waals surface area contributed by atoms with Crippen LogP contribution in [0.15, 0.2) is 24.4 Å². The van der Waals surface area contributed by atoms with Crippen molar-refractivity contribution < 1.29 is 14.3 Å². The molecule has 0 radical (unpaired) electrons. The van der Waals surface area contributed by atoms with Crippen molar-refractivity contribution in [2.24, 2.45) is 5.41 Å². The minimum Gasteiger partial charge on any atom is -0.465 e. The van der Waals surface area contributed by atoms with Crippen LogP contribution in [0.5, 0.6) is 0 Å². The van der Waals surface area contributed by atoms with Crippen LogP contribution in [-0.2, 0) is 20.7 Å². The zero-order valence-corrected chi connectivity index (χ0v) is 12.0. The average molecular weight is 276 g/mol. The summed E-state index contributed by atoms with van der Waals surface area (Å²) in [6, 6.07) is 5.51. The van der Waals surface area contributed by atoms with E-state index in [1.165, 1.54) is 0 Å². The number of Topliss-reactive ketones (excluding diaryl/α,β-unsaturated/α-hetero) is 1. The van der Waals surface area contributed by atoms with E-state index in [1.807, 2.05) is 30.1 Å². The van der Waals surface area contributed by atoms with Gasteiger partial charge >= 0.3 is 5.97 Å². The number of ether oxygens (including phenoxy) is 1. The van der Waals surface area contributed by atoms with Crippen LogP contribution in [0.1, 0.15) is 19.0 Å². The van der Waals surface area contributed by atoms with Crippen LogP contribution in [-0.4, -0.2) is 48.4 Å². The van der Waals surface area contributed by atoms with Gasteiger partial charge in [-0.1, -0.05) is 6.07 Å². The molecule has 0 aliphatic carbocycles. The third kappa shape index (κ3) is 2.88. The summed E-state index contributed by atoms with van der Waals surface area (Å²) in [7, 11) is 1.92. The van der Waals surface area contributed by atoms with Gasteiger partial charge < -0.3 is 9.64 Å². The fourth-order valence-electron chi connectivity index (χ4n) is 2.65. The summed E-state index contributed by atoms with van der Waals surface area (Å²) < 4.78 is 5.16. The second-order valence-corrected chi connectivity index (χ2v) is 5.21. The van der Waals surface area contributed by atoms with Gasteiger partial charge in [0.05, 0.1) is 6.61 Å². The van der Waals surface area contributed by atoms with Gasteiger partial charge in [0, 0.05) is 37.8 Å². The van der Waals surface area contributed by atoms with Crippen LogP contribution in [0, 0.1) is 5.41 Å². The van der Waals surface area contributed by atoms with E-state index < -0.39 is 11.4 Å². The van der Waals surface area contributed by atoms with Gasteiger partial charge in [-0.05, 0) is 26.1 Å². The van der Waals surface area contributed by atoms with Crippen molar-refractivity contribution in [3.63, 3.8) is 0 Å². The predicted molar refractivity (Wildman–Crippen MR) is 74.1 cm³/mol. The molecular formula is C15H20N2O3. The zero-order valence-electron chi connectivity index (χ0n) is 12.0. The number of ketones is 1. The van der Waals surface area contributed by atoms with Crippen LogP contribution in [0.4, 0.5) is 0 Å². The van der Waals surface area contributed by atoms with Crippen LogP contribution >= 0.6 is 0 Å². The molecule has 2 heterocycles. The van der Waals surface area contributed by atoms with E-state index in [1.54, 1.807) is 13.1 Å². The lowest BCUT2D eigenvalue weighted by Crippen LogP contribution is -2.54. The molecule has 0 saturated carbocycles. The first-order chi connectivity index (χ1) is 9.58. The second-order valence-electron chi connectivity index (χ2n) is 5.21. The van der Waals surface area contributed by atoms with E-state index >= 15 is 0 Å². The molecule has 108 valence electrons. The fraction of sp³-hybridized carbons (Fsp3) is 0.533. The Balaban J connectivity index is 2.32. The number of aromatic nitrogens is 1. The van der Waals surface area contributed by atoms with Crippen LogP contribution in [0.25, 0.3) is 0 Å². The normalized spacial score (nSPS) is 23.6. The van der Waals surface area contributed by atoms with Gasteiger partial charge in [0.2, 0.25) is 0 Å². The lowest BCUT2D eigenvalue weighted by Gasteiger charge is -2.37. The summed E-state index contributed by atoms with van der Waals surface area (Å²) in [4.78, 5) is 31.1. The molecule has 1 saturated heterocycles. The summed E-state index contributed by atoms with van der Waals surface area (Å²) in [5, 5.41) is 0. The van der Waals surface area contributed by atoms with Crippen LogP contribution in [0.3, 0.4) is 0 Å². The standard InChI is InChI=1S/C15H20N2O3/c1-3-20-14(19)15(10-12-6-4-5-8-16-12)11-17(2)9-7-13(15)18/h4-6,8H,3,7,9-11H2,1-2H3. The Morgan fingerprint density at radius 3 is 2.95 bits per heavy atom. The van der Waals surface area contributed by atoms with Gasteiger partial charge in [-0.15, -0.1) is 0 Å². The number of carbonyl (C=O) groups is 2. The van der Waals surface area contributed by atoms with E-state index in [2.05, 4.69) is 4.98 Å². The molecule has 1 fully saturated rings. The van der Waals surface area contributed by atoms with Crippen molar-refractivity contribution >= 4 is 11.8 Å². The third-order valence-corrected chi connectivity index (χ3v) is 3.67. The first kappa shape index (κ1) is 14.7. The Morgan fingerprint density at radius 2 is 2.30 bits per heavy atom. The first-order valence-corrected chi connectivity index (χ1v) is 6.87. The number of piperidine rings is 1. The molecule has 0 N–H and O–H groups in total. The van der Waals surface area contributed by atoms with Crippen molar-refractivity contribution in [3.05, 3.63) is 30.1 Å². The maximum absolute atomic E-state index is 12.4. The van der Waals surface area contributed by atoms with Gasteiger partial charge in [0.1, 0.15) is 5.41 Å². The van der Waals surface area contributed by atoms with Gasteiger partial charge in [-0.25, -0.2) is 0 Å². The smallest absolute Gasteiger partial charge is 0.321 e. The van der Waals surface area contributed by atoms with E-state index in [0.29, 0.717) is 25.9 Å². The predicted octanol–water partition coefficient (Wildman–Crippen LogP) is 1.08. The van der Waals surface area contributed by atoms with Crippen molar-refractivity contribution in [2.45, 2.75) is 19.8 Å². The Kier molecular flexibility index (Phi) is 4.49. The highest BCUT2D eigenvalue weighted by atomic mass is 16.5. The molecule has 1 aromatic heterocycles. The lowest BCUT2D eigenvalue weighted by atomic mass is 9.75. The van der Waals surface area contributed by atoms with Crippen molar-refractivity contribution in [1.82, 2.24) is 9.88 Å². The van der Waals surface area contributed by atoms with E-state index in [0.717, 1.165) is 5.69 Å². The number of carbonyl (C=O) groups excluding carboxylic acids is 2. The van der Waals surface area contributed by atoms with Crippen LogP contribution < -0.4 is 0 Å². The number of hydrogen-bond acceptors (Lipinski definition) is 5. The topological polar surface area (TPSA) is 59.5 Å².